The molecule has 3 aromatic rings. The van der Waals surface area contributed by atoms with Gasteiger partial charge >= 0.3 is 0 Å². The third kappa shape index (κ3) is 2.51. The maximum atomic E-state index is 5.70. The predicted octanol–water partition coefficient (Wildman–Crippen LogP) is 4.05. The van der Waals surface area contributed by atoms with Gasteiger partial charge in [0, 0.05) is 22.8 Å². The zero-order valence-electron chi connectivity index (χ0n) is 13.7. The molecule has 1 saturated heterocycles. The van der Waals surface area contributed by atoms with Crippen molar-refractivity contribution in [1.29, 1.82) is 0 Å². The smallest absolute Gasteiger partial charge is 0.231 e. The number of aromatic nitrogens is 1. The van der Waals surface area contributed by atoms with Gasteiger partial charge in [0.2, 0.25) is 6.79 Å². The van der Waals surface area contributed by atoms with Crippen molar-refractivity contribution in [2.75, 3.05) is 11.7 Å². The number of rotatable bonds is 3. The predicted molar refractivity (Wildman–Crippen MR) is 105 cm³/mol. The topological polar surface area (TPSA) is 46.6 Å². The molecule has 0 spiro atoms. The fraction of sp³-hybridized carbons (Fsp3) is 0.158. The summed E-state index contributed by atoms with van der Waals surface area (Å²) in [5, 5.41) is 6.22. The maximum absolute atomic E-state index is 5.70. The van der Waals surface area contributed by atoms with E-state index in [0.29, 0.717) is 5.11 Å². The minimum absolute atomic E-state index is 0.0206. The maximum Gasteiger partial charge on any atom is 0.231 e. The third-order valence-corrected chi connectivity index (χ3v) is 5.82. The molecule has 2 aromatic heterocycles. The molecule has 5 rings (SSSR count). The number of hydrogen-bond donors (Lipinski definition) is 1. The Hall–Kier alpha value is -2.64. The minimum atomic E-state index is -0.0206. The summed E-state index contributed by atoms with van der Waals surface area (Å²) in [6, 6.07) is 16.1. The van der Waals surface area contributed by atoms with Crippen LogP contribution in [0.4, 0.5) is 5.69 Å². The fourth-order valence-electron chi connectivity index (χ4n) is 3.42. The third-order valence-electron chi connectivity index (χ3n) is 4.57. The number of thiocarbonyl (C=S) groups is 1. The van der Waals surface area contributed by atoms with E-state index < -0.39 is 0 Å². The largest absolute Gasteiger partial charge is 0.454 e. The Kier molecular flexibility index (Phi) is 3.76. The number of ether oxygens (including phenoxy) is 2. The Morgan fingerprint density at radius 3 is 2.85 bits per heavy atom. The van der Waals surface area contributed by atoms with Gasteiger partial charge in [0.15, 0.2) is 16.6 Å². The van der Waals surface area contributed by atoms with Crippen LogP contribution in [0.15, 0.2) is 60.1 Å². The molecule has 2 aliphatic heterocycles. The van der Waals surface area contributed by atoms with Crippen molar-refractivity contribution in [3.63, 3.8) is 0 Å². The van der Waals surface area contributed by atoms with Gasteiger partial charge in [-0.25, -0.2) is 0 Å². The van der Waals surface area contributed by atoms with Gasteiger partial charge in [0.05, 0.1) is 17.8 Å². The molecule has 130 valence electrons. The van der Waals surface area contributed by atoms with Gasteiger partial charge < -0.3 is 19.7 Å². The number of nitrogens with zero attached hydrogens (tertiary/aromatic N) is 2. The molecule has 1 N–H and O–H groups in total. The van der Waals surface area contributed by atoms with Crippen LogP contribution in [0, 0.1) is 0 Å². The Bertz CT molecular complexity index is 947. The van der Waals surface area contributed by atoms with Gasteiger partial charge in [0.25, 0.3) is 0 Å². The number of thiophene rings is 1. The molecular weight excluding hydrogens is 366 g/mol. The molecule has 0 amide bonds. The molecule has 0 aliphatic carbocycles. The lowest BCUT2D eigenvalue weighted by Gasteiger charge is -2.27. The van der Waals surface area contributed by atoms with Crippen molar-refractivity contribution in [1.82, 2.24) is 10.3 Å². The van der Waals surface area contributed by atoms with E-state index in [0.717, 1.165) is 22.9 Å². The summed E-state index contributed by atoms with van der Waals surface area (Å²) in [4.78, 5) is 7.92. The normalized spacial score (nSPS) is 21.1. The molecule has 4 heterocycles. The first-order chi connectivity index (χ1) is 12.8. The van der Waals surface area contributed by atoms with E-state index in [1.807, 2.05) is 42.6 Å². The molecule has 2 aliphatic rings. The van der Waals surface area contributed by atoms with Gasteiger partial charge in [-0.15, -0.1) is 11.3 Å². The van der Waals surface area contributed by atoms with E-state index in [9.17, 15) is 0 Å². The molecule has 0 bridgehead atoms. The first kappa shape index (κ1) is 15.6. The van der Waals surface area contributed by atoms with Crippen LogP contribution in [0.1, 0.15) is 22.7 Å². The van der Waals surface area contributed by atoms with Crippen LogP contribution >= 0.6 is 23.6 Å². The second-order valence-electron chi connectivity index (χ2n) is 6.05. The zero-order chi connectivity index (χ0) is 17.5. The molecule has 7 heteroatoms. The van der Waals surface area contributed by atoms with Crippen molar-refractivity contribution in [2.45, 2.75) is 12.1 Å². The molecular formula is C19H15N3O2S2. The minimum Gasteiger partial charge on any atom is -0.454 e. The van der Waals surface area contributed by atoms with Crippen LogP contribution in [0.5, 0.6) is 11.5 Å². The van der Waals surface area contributed by atoms with Crippen LogP contribution < -0.4 is 19.7 Å². The molecule has 5 nitrogen and oxygen atoms in total. The number of anilines is 1. The van der Waals surface area contributed by atoms with Crippen LogP contribution in [-0.4, -0.2) is 16.9 Å². The number of nitrogens with one attached hydrogen (secondary N) is 1. The molecule has 0 saturated carbocycles. The van der Waals surface area contributed by atoms with Gasteiger partial charge in [-0.1, -0.05) is 12.1 Å². The lowest BCUT2D eigenvalue weighted by Crippen LogP contribution is -2.29. The Morgan fingerprint density at radius 1 is 1.12 bits per heavy atom. The lowest BCUT2D eigenvalue weighted by atomic mass is 10.0. The van der Waals surface area contributed by atoms with Crippen LogP contribution in [0.25, 0.3) is 0 Å². The Morgan fingerprint density at radius 2 is 2.04 bits per heavy atom. The summed E-state index contributed by atoms with van der Waals surface area (Å²) in [5.41, 5.74) is 1.94. The average molecular weight is 381 g/mol. The quantitative estimate of drug-likeness (QED) is 0.691. The SMILES string of the molecule is S=C1N[C@H](c2ccccn2)[C@@H](c2cccs2)N1c1ccc2c(c1)OCO2. The fourth-order valence-corrected chi connectivity index (χ4v) is 4.61. The summed E-state index contributed by atoms with van der Waals surface area (Å²) in [7, 11) is 0. The highest BCUT2D eigenvalue weighted by Crippen LogP contribution is 2.45. The monoisotopic (exact) mass is 381 g/mol. The average Bonchev–Trinajstić information content (AvgIpc) is 3.41. The second-order valence-corrected chi connectivity index (χ2v) is 7.42. The molecule has 1 fully saturated rings. The van der Waals surface area contributed by atoms with Crippen molar-refractivity contribution < 1.29 is 9.47 Å². The van der Waals surface area contributed by atoms with Crippen LogP contribution in [0.3, 0.4) is 0 Å². The van der Waals surface area contributed by atoms with E-state index in [2.05, 4.69) is 32.7 Å². The van der Waals surface area contributed by atoms with Gasteiger partial charge in [0.1, 0.15) is 0 Å². The Labute approximate surface area is 160 Å². The molecule has 0 radical (unpaired) electrons. The summed E-state index contributed by atoms with van der Waals surface area (Å²) in [6.45, 7) is 0.256. The molecule has 1 aromatic carbocycles. The van der Waals surface area contributed by atoms with Crippen molar-refractivity contribution in [3.05, 3.63) is 70.7 Å². The highest BCUT2D eigenvalue weighted by Gasteiger charge is 2.41. The van der Waals surface area contributed by atoms with Crippen molar-refractivity contribution in [2.24, 2.45) is 0 Å². The highest BCUT2D eigenvalue weighted by atomic mass is 32.1. The number of hydrogen-bond acceptors (Lipinski definition) is 5. The van der Waals surface area contributed by atoms with E-state index in [1.165, 1.54) is 4.88 Å². The Balaban J connectivity index is 1.60. The van der Waals surface area contributed by atoms with E-state index in [-0.39, 0.29) is 18.9 Å². The molecule has 2 atom stereocenters. The van der Waals surface area contributed by atoms with Gasteiger partial charge in [-0.3, -0.25) is 4.98 Å². The zero-order valence-corrected chi connectivity index (χ0v) is 15.3. The molecule has 26 heavy (non-hydrogen) atoms. The summed E-state index contributed by atoms with van der Waals surface area (Å²) in [5.74, 6) is 1.51. The van der Waals surface area contributed by atoms with Gasteiger partial charge in [-0.05, 0) is 47.9 Å². The van der Waals surface area contributed by atoms with E-state index in [1.54, 1.807) is 11.3 Å². The first-order valence-electron chi connectivity index (χ1n) is 8.25. The summed E-state index contributed by atoms with van der Waals surface area (Å²) in [6.07, 6.45) is 1.81. The summed E-state index contributed by atoms with van der Waals surface area (Å²) >= 11 is 7.42. The number of pyridine rings is 1. The number of fused-ring (bicyclic) bond motifs is 1. The standard InChI is InChI=1S/C19H15N3O2S2/c25-19-21-17(13-4-1-2-8-20-13)18(16-5-3-9-26-16)22(19)12-6-7-14-15(10-12)24-11-23-14/h1-10,17-18H,11H2,(H,21,25)/t17-,18-/m1/s1. The van der Waals surface area contributed by atoms with Crippen LogP contribution in [-0.2, 0) is 0 Å². The van der Waals surface area contributed by atoms with E-state index >= 15 is 0 Å². The van der Waals surface area contributed by atoms with E-state index in [4.69, 9.17) is 21.7 Å². The first-order valence-corrected chi connectivity index (χ1v) is 9.54. The van der Waals surface area contributed by atoms with Crippen molar-refractivity contribution >= 4 is 34.4 Å². The summed E-state index contributed by atoms with van der Waals surface area (Å²) < 4.78 is 11.0. The number of benzene rings is 1. The highest BCUT2D eigenvalue weighted by molar-refractivity contribution is 7.80. The van der Waals surface area contributed by atoms with Crippen molar-refractivity contribution in [3.8, 4) is 11.5 Å². The van der Waals surface area contributed by atoms with Gasteiger partial charge in [-0.2, -0.15) is 0 Å². The molecule has 0 unspecified atom stereocenters. The lowest BCUT2D eigenvalue weighted by molar-refractivity contribution is 0.174. The second kappa shape index (κ2) is 6.26. The van der Waals surface area contributed by atoms with Crippen LogP contribution in [0.2, 0.25) is 0 Å².